The van der Waals surface area contributed by atoms with E-state index in [1.54, 1.807) is 0 Å². The second kappa shape index (κ2) is 7.67. The molecule has 0 aliphatic heterocycles. The van der Waals surface area contributed by atoms with Gasteiger partial charge in [0.05, 0.1) is 23.2 Å². The van der Waals surface area contributed by atoms with E-state index >= 15 is 0 Å². The van der Waals surface area contributed by atoms with E-state index in [0.29, 0.717) is 11.4 Å². The lowest BCUT2D eigenvalue weighted by Gasteiger charge is -2.05. The van der Waals surface area contributed by atoms with Crippen molar-refractivity contribution >= 4 is 22.7 Å². The van der Waals surface area contributed by atoms with Gasteiger partial charge in [-0.2, -0.15) is 5.26 Å². The Labute approximate surface area is 148 Å². The fourth-order valence-electron chi connectivity index (χ4n) is 2.69. The van der Waals surface area contributed by atoms with E-state index in [9.17, 15) is 5.26 Å². The summed E-state index contributed by atoms with van der Waals surface area (Å²) in [6, 6.07) is 17.9. The van der Waals surface area contributed by atoms with E-state index in [2.05, 4.69) is 18.0 Å². The summed E-state index contributed by atoms with van der Waals surface area (Å²) in [6.45, 7) is 2.87. The lowest BCUT2D eigenvalue weighted by atomic mass is 10.1. The smallest absolute Gasteiger partial charge is 0.151 e. The number of unbranched alkanes of at least 4 members (excludes halogenated alkanes) is 1. The zero-order valence-electron chi connectivity index (χ0n) is 14.6. The molecule has 1 heterocycles. The molecule has 2 aromatic carbocycles. The Hall–Kier alpha value is -3.06. The Kier molecular flexibility index (Phi) is 5.15. The van der Waals surface area contributed by atoms with Gasteiger partial charge in [-0.3, -0.25) is 0 Å². The Morgan fingerprint density at radius 3 is 2.64 bits per heavy atom. The van der Waals surface area contributed by atoms with Crippen molar-refractivity contribution in [3.63, 3.8) is 0 Å². The maximum Gasteiger partial charge on any atom is 0.151 e. The summed E-state index contributed by atoms with van der Waals surface area (Å²) in [5, 5.41) is 9.59. The molecule has 126 valence electrons. The van der Waals surface area contributed by atoms with Crippen LogP contribution in [-0.2, 0) is 7.05 Å². The number of imidazole rings is 1. The summed E-state index contributed by atoms with van der Waals surface area (Å²) in [6.07, 6.45) is 4.02. The van der Waals surface area contributed by atoms with E-state index < -0.39 is 0 Å². The van der Waals surface area contributed by atoms with Crippen LogP contribution >= 0.6 is 0 Å². The molecule has 0 amide bonds. The molecular weight excluding hydrogens is 310 g/mol. The van der Waals surface area contributed by atoms with Crippen LogP contribution in [0, 0.1) is 11.3 Å². The number of benzene rings is 2. The second-order valence-electron chi connectivity index (χ2n) is 5.92. The van der Waals surface area contributed by atoms with Gasteiger partial charge in [-0.1, -0.05) is 37.6 Å². The first-order valence-electron chi connectivity index (χ1n) is 8.49. The second-order valence-corrected chi connectivity index (χ2v) is 5.92. The number of hydrogen-bond acceptors (Lipinski definition) is 3. The summed E-state index contributed by atoms with van der Waals surface area (Å²) in [7, 11) is 1.93. The van der Waals surface area contributed by atoms with Crippen molar-refractivity contribution in [2.75, 3.05) is 6.61 Å². The minimum absolute atomic E-state index is 0.540. The molecule has 0 fully saturated rings. The summed E-state index contributed by atoms with van der Waals surface area (Å²) >= 11 is 0. The van der Waals surface area contributed by atoms with Gasteiger partial charge in [0.15, 0.2) is 5.82 Å². The van der Waals surface area contributed by atoms with Gasteiger partial charge < -0.3 is 9.30 Å². The molecule has 0 spiro atoms. The molecule has 3 rings (SSSR count). The van der Waals surface area contributed by atoms with Crippen LogP contribution in [0.1, 0.15) is 31.2 Å². The third-order valence-corrected chi connectivity index (χ3v) is 4.11. The number of aryl methyl sites for hydroxylation is 1. The van der Waals surface area contributed by atoms with Crippen LogP contribution in [0.4, 0.5) is 0 Å². The molecule has 0 bridgehead atoms. The van der Waals surface area contributed by atoms with Gasteiger partial charge in [-0.05, 0) is 42.3 Å². The average Bonchev–Trinajstić information content (AvgIpc) is 2.98. The van der Waals surface area contributed by atoms with Crippen LogP contribution < -0.4 is 4.74 Å². The number of hydrogen-bond donors (Lipinski definition) is 0. The number of allylic oxidation sites excluding steroid dienone is 1. The predicted molar refractivity (Wildman–Crippen MR) is 101 cm³/mol. The standard InChI is InChI=1S/C21H21N3O/c1-3-4-13-25-18-11-9-16(10-12-18)14-17(15-22)21-23-19-7-5-6-8-20(19)24(21)2/h5-12,14H,3-4,13H2,1-2H3/b17-14-. The van der Waals surface area contributed by atoms with E-state index in [1.807, 2.05) is 66.2 Å². The van der Waals surface area contributed by atoms with Crippen molar-refractivity contribution in [1.82, 2.24) is 9.55 Å². The molecule has 0 saturated heterocycles. The number of fused-ring (bicyclic) bond motifs is 1. The molecule has 4 nitrogen and oxygen atoms in total. The molecule has 1 aromatic heterocycles. The minimum Gasteiger partial charge on any atom is -0.494 e. The first-order chi connectivity index (χ1) is 12.2. The quantitative estimate of drug-likeness (QED) is 0.481. The monoisotopic (exact) mass is 331 g/mol. The predicted octanol–water partition coefficient (Wildman–Crippen LogP) is 4.82. The van der Waals surface area contributed by atoms with Crippen LogP contribution in [-0.4, -0.2) is 16.2 Å². The fraction of sp³-hybridized carbons (Fsp3) is 0.238. The molecular formula is C21H21N3O. The van der Waals surface area contributed by atoms with Crippen molar-refractivity contribution < 1.29 is 4.74 Å². The van der Waals surface area contributed by atoms with Gasteiger partial charge in [-0.25, -0.2) is 4.98 Å². The van der Waals surface area contributed by atoms with Gasteiger partial charge in [0.2, 0.25) is 0 Å². The van der Waals surface area contributed by atoms with Crippen molar-refractivity contribution in [3.8, 4) is 11.8 Å². The van der Waals surface area contributed by atoms with Crippen molar-refractivity contribution in [3.05, 3.63) is 59.9 Å². The number of nitrogens with zero attached hydrogens (tertiary/aromatic N) is 3. The summed E-state index contributed by atoms with van der Waals surface area (Å²) in [4.78, 5) is 4.59. The van der Waals surface area contributed by atoms with Crippen molar-refractivity contribution in [2.24, 2.45) is 7.05 Å². The number of ether oxygens (including phenoxy) is 1. The van der Waals surface area contributed by atoms with Crippen LogP contribution in [0.15, 0.2) is 48.5 Å². The third kappa shape index (κ3) is 3.72. The van der Waals surface area contributed by atoms with Gasteiger partial charge in [0.25, 0.3) is 0 Å². The van der Waals surface area contributed by atoms with Crippen molar-refractivity contribution in [1.29, 1.82) is 5.26 Å². The highest BCUT2D eigenvalue weighted by Crippen LogP contribution is 2.23. The highest BCUT2D eigenvalue weighted by atomic mass is 16.5. The largest absolute Gasteiger partial charge is 0.494 e. The molecule has 25 heavy (non-hydrogen) atoms. The van der Waals surface area contributed by atoms with Crippen LogP contribution in [0.25, 0.3) is 22.7 Å². The normalized spacial score (nSPS) is 11.5. The topological polar surface area (TPSA) is 50.8 Å². The fourth-order valence-corrected chi connectivity index (χ4v) is 2.69. The Bertz CT molecular complexity index is 930. The zero-order valence-corrected chi connectivity index (χ0v) is 14.6. The van der Waals surface area contributed by atoms with E-state index in [0.717, 1.165) is 41.8 Å². The highest BCUT2D eigenvalue weighted by molar-refractivity contribution is 5.90. The first kappa shape index (κ1) is 16.8. The van der Waals surface area contributed by atoms with E-state index in [1.165, 1.54) is 0 Å². The molecule has 0 unspecified atom stereocenters. The summed E-state index contributed by atoms with van der Waals surface area (Å²) < 4.78 is 7.63. The lowest BCUT2D eigenvalue weighted by Crippen LogP contribution is -1.97. The Morgan fingerprint density at radius 2 is 1.96 bits per heavy atom. The number of aromatic nitrogens is 2. The molecule has 3 aromatic rings. The van der Waals surface area contributed by atoms with Gasteiger partial charge in [0, 0.05) is 7.05 Å². The van der Waals surface area contributed by atoms with Gasteiger partial charge in [-0.15, -0.1) is 0 Å². The maximum atomic E-state index is 9.59. The SMILES string of the molecule is CCCCOc1ccc(/C=C(/C#N)c2nc3ccccc3n2C)cc1. The zero-order chi connectivity index (χ0) is 17.6. The van der Waals surface area contributed by atoms with Crippen LogP contribution in [0.2, 0.25) is 0 Å². The Balaban J connectivity index is 1.87. The van der Waals surface area contributed by atoms with E-state index in [4.69, 9.17) is 4.74 Å². The number of nitriles is 1. The molecule has 0 aliphatic carbocycles. The first-order valence-corrected chi connectivity index (χ1v) is 8.49. The molecule has 0 atom stereocenters. The molecule has 0 saturated carbocycles. The molecule has 0 radical (unpaired) electrons. The van der Waals surface area contributed by atoms with Gasteiger partial charge in [0.1, 0.15) is 11.8 Å². The Morgan fingerprint density at radius 1 is 1.20 bits per heavy atom. The average molecular weight is 331 g/mol. The third-order valence-electron chi connectivity index (χ3n) is 4.11. The summed E-state index contributed by atoms with van der Waals surface area (Å²) in [5.41, 5.74) is 3.39. The molecule has 4 heteroatoms. The maximum absolute atomic E-state index is 9.59. The number of para-hydroxylation sites is 2. The minimum atomic E-state index is 0.540. The molecule has 0 aliphatic rings. The summed E-state index contributed by atoms with van der Waals surface area (Å²) in [5.74, 6) is 1.53. The van der Waals surface area contributed by atoms with Crippen LogP contribution in [0.3, 0.4) is 0 Å². The highest BCUT2D eigenvalue weighted by Gasteiger charge is 2.11. The molecule has 0 N–H and O–H groups in total. The van der Waals surface area contributed by atoms with E-state index in [-0.39, 0.29) is 0 Å². The van der Waals surface area contributed by atoms with Crippen molar-refractivity contribution in [2.45, 2.75) is 19.8 Å². The lowest BCUT2D eigenvalue weighted by molar-refractivity contribution is 0.309. The number of rotatable bonds is 6. The van der Waals surface area contributed by atoms with Crippen LogP contribution in [0.5, 0.6) is 5.75 Å². The van der Waals surface area contributed by atoms with Gasteiger partial charge >= 0.3 is 0 Å².